The number of aromatic nitrogens is 1. The minimum Gasteiger partial charge on any atom is -0.381 e. The third kappa shape index (κ3) is 4.15. The summed E-state index contributed by atoms with van der Waals surface area (Å²) in [6.45, 7) is 5.44. The van der Waals surface area contributed by atoms with Gasteiger partial charge < -0.3 is 10.1 Å². The van der Waals surface area contributed by atoms with E-state index in [4.69, 9.17) is 4.74 Å². The number of nitrogens with zero attached hydrogens (tertiary/aromatic N) is 1. The maximum atomic E-state index is 12.8. The molecule has 130 valence electrons. The Labute approximate surface area is 148 Å². The molecule has 1 saturated heterocycles. The lowest BCUT2D eigenvalue weighted by Crippen LogP contribution is -2.46. The summed E-state index contributed by atoms with van der Waals surface area (Å²) >= 11 is 0. The van der Waals surface area contributed by atoms with Gasteiger partial charge in [0.25, 0.3) is 0 Å². The van der Waals surface area contributed by atoms with Crippen LogP contribution >= 0.6 is 0 Å². The Kier molecular flexibility index (Phi) is 5.61. The van der Waals surface area contributed by atoms with Crippen molar-refractivity contribution in [2.24, 2.45) is 5.41 Å². The molecule has 0 spiro atoms. The minimum absolute atomic E-state index is 0.102. The number of hydrogen-bond acceptors (Lipinski definition) is 3. The largest absolute Gasteiger partial charge is 0.381 e. The quantitative estimate of drug-likeness (QED) is 0.823. The lowest BCUT2D eigenvalue weighted by atomic mass is 9.74. The van der Waals surface area contributed by atoms with Crippen LogP contribution in [0.15, 0.2) is 61.4 Å². The molecule has 2 aromatic rings. The second-order valence-electron chi connectivity index (χ2n) is 6.50. The van der Waals surface area contributed by atoms with Crippen molar-refractivity contribution >= 4 is 5.91 Å². The minimum atomic E-state index is -0.405. The zero-order valence-corrected chi connectivity index (χ0v) is 14.4. The third-order valence-electron chi connectivity index (χ3n) is 4.82. The first-order chi connectivity index (χ1) is 12.2. The van der Waals surface area contributed by atoms with Gasteiger partial charge >= 0.3 is 0 Å². The second kappa shape index (κ2) is 8.08. The van der Waals surface area contributed by atoms with Gasteiger partial charge in [0.1, 0.15) is 0 Å². The number of rotatable bonds is 6. The van der Waals surface area contributed by atoms with Crippen LogP contribution in [-0.2, 0) is 16.0 Å². The molecule has 4 heteroatoms. The maximum absolute atomic E-state index is 12.8. The van der Waals surface area contributed by atoms with Crippen LogP contribution in [0.1, 0.15) is 18.4 Å². The summed E-state index contributed by atoms with van der Waals surface area (Å²) in [6, 6.07) is 12.4. The van der Waals surface area contributed by atoms with Crippen LogP contribution in [0.4, 0.5) is 0 Å². The van der Waals surface area contributed by atoms with Gasteiger partial charge in [-0.05, 0) is 48.1 Å². The monoisotopic (exact) mass is 336 g/mol. The number of pyridine rings is 1. The van der Waals surface area contributed by atoms with Crippen LogP contribution in [0, 0.1) is 5.41 Å². The van der Waals surface area contributed by atoms with Crippen LogP contribution in [0.2, 0.25) is 0 Å². The number of benzene rings is 1. The molecule has 1 fully saturated rings. The molecule has 25 heavy (non-hydrogen) atoms. The Bertz CT molecular complexity index is 722. The van der Waals surface area contributed by atoms with Gasteiger partial charge in [0.2, 0.25) is 5.91 Å². The number of hydrogen-bond donors (Lipinski definition) is 1. The van der Waals surface area contributed by atoms with Gasteiger partial charge in [0.05, 0.1) is 5.41 Å². The standard InChI is InChI=1S/C21H24N2O2/c1-2-10-23-20(24)21(8-13-25-14-9-21)16-17-4-3-5-19(15-17)18-6-11-22-12-7-18/h2-7,11-12,15H,1,8-10,13-14,16H2,(H,23,24). The van der Waals surface area contributed by atoms with Crippen molar-refractivity contribution in [1.29, 1.82) is 0 Å². The molecule has 0 saturated carbocycles. The molecule has 0 radical (unpaired) electrons. The molecule has 2 heterocycles. The lowest BCUT2D eigenvalue weighted by molar-refractivity contribution is -0.136. The molecule has 1 aliphatic rings. The number of amides is 1. The van der Waals surface area contributed by atoms with Crippen LogP contribution in [0.3, 0.4) is 0 Å². The Balaban J connectivity index is 1.84. The van der Waals surface area contributed by atoms with E-state index in [9.17, 15) is 4.79 Å². The Morgan fingerprint density at radius 1 is 1.20 bits per heavy atom. The van der Waals surface area contributed by atoms with Crippen LogP contribution in [0.5, 0.6) is 0 Å². The van der Waals surface area contributed by atoms with Gasteiger partial charge in [-0.3, -0.25) is 9.78 Å². The first kappa shape index (κ1) is 17.4. The fourth-order valence-corrected chi connectivity index (χ4v) is 3.39. The van der Waals surface area contributed by atoms with E-state index in [1.165, 1.54) is 5.56 Å². The Morgan fingerprint density at radius 2 is 1.96 bits per heavy atom. The lowest BCUT2D eigenvalue weighted by Gasteiger charge is -2.36. The van der Waals surface area contributed by atoms with Gasteiger partial charge in [-0.1, -0.05) is 30.3 Å². The van der Waals surface area contributed by atoms with E-state index >= 15 is 0 Å². The topological polar surface area (TPSA) is 51.2 Å². The summed E-state index contributed by atoms with van der Waals surface area (Å²) in [5.41, 5.74) is 3.05. The highest BCUT2D eigenvalue weighted by Gasteiger charge is 2.39. The molecule has 1 aliphatic heterocycles. The van der Waals surface area contributed by atoms with E-state index in [0.29, 0.717) is 19.8 Å². The Hall–Kier alpha value is -2.46. The fourth-order valence-electron chi connectivity index (χ4n) is 3.39. The normalized spacial score (nSPS) is 16.2. The zero-order chi connectivity index (χ0) is 17.5. The summed E-state index contributed by atoms with van der Waals surface area (Å²) in [6.07, 6.45) is 7.52. The molecule has 1 aromatic carbocycles. The zero-order valence-electron chi connectivity index (χ0n) is 14.4. The predicted octanol–water partition coefficient (Wildman–Crippen LogP) is 3.39. The summed E-state index contributed by atoms with van der Waals surface area (Å²) in [4.78, 5) is 16.9. The van der Waals surface area contributed by atoms with E-state index < -0.39 is 5.41 Å². The van der Waals surface area contributed by atoms with E-state index in [0.717, 1.165) is 30.4 Å². The van der Waals surface area contributed by atoms with Gasteiger partial charge in [0, 0.05) is 32.2 Å². The molecule has 4 nitrogen and oxygen atoms in total. The smallest absolute Gasteiger partial charge is 0.226 e. The summed E-state index contributed by atoms with van der Waals surface area (Å²) in [7, 11) is 0. The van der Waals surface area contributed by atoms with Crippen LogP contribution in [0.25, 0.3) is 11.1 Å². The van der Waals surface area contributed by atoms with Gasteiger partial charge in [-0.25, -0.2) is 0 Å². The van der Waals surface area contributed by atoms with Crippen molar-refractivity contribution in [3.05, 3.63) is 67.0 Å². The highest BCUT2D eigenvalue weighted by Crippen LogP contribution is 2.35. The molecule has 0 aliphatic carbocycles. The molecule has 0 atom stereocenters. The number of ether oxygens (including phenoxy) is 1. The highest BCUT2D eigenvalue weighted by atomic mass is 16.5. The van der Waals surface area contributed by atoms with Crippen LogP contribution in [-0.4, -0.2) is 30.6 Å². The average molecular weight is 336 g/mol. The number of carbonyl (C=O) groups is 1. The summed E-state index contributed by atoms with van der Waals surface area (Å²) in [5.74, 6) is 0.102. The summed E-state index contributed by atoms with van der Waals surface area (Å²) < 4.78 is 5.50. The van der Waals surface area contributed by atoms with Crippen molar-refractivity contribution in [2.75, 3.05) is 19.8 Å². The first-order valence-electron chi connectivity index (χ1n) is 8.70. The molecule has 3 rings (SSSR count). The maximum Gasteiger partial charge on any atom is 0.226 e. The SMILES string of the molecule is C=CCNC(=O)C1(Cc2cccc(-c3ccncc3)c2)CCOCC1. The van der Waals surface area contributed by atoms with E-state index in [1.54, 1.807) is 18.5 Å². The van der Waals surface area contributed by atoms with Crippen molar-refractivity contribution in [2.45, 2.75) is 19.3 Å². The summed E-state index contributed by atoms with van der Waals surface area (Å²) in [5, 5.41) is 2.99. The van der Waals surface area contributed by atoms with Gasteiger partial charge in [-0.2, -0.15) is 0 Å². The molecule has 0 unspecified atom stereocenters. The molecular weight excluding hydrogens is 312 g/mol. The number of carbonyl (C=O) groups excluding carboxylic acids is 1. The van der Waals surface area contributed by atoms with Gasteiger partial charge in [0.15, 0.2) is 0 Å². The Morgan fingerprint density at radius 3 is 2.68 bits per heavy atom. The van der Waals surface area contributed by atoms with Crippen LogP contribution < -0.4 is 5.32 Å². The van der Waals surface area contributed by atoms with Crippen molar-refractivity contribution in [3.63, 3.8) is 0 Å². The van der Waals surface area contributed by atoms with E-state index in [-0.39, 0.29) is 5.91 Å². The van der Waals surface area contributed by atoms with E-state index in [2.05, 4.69) is 41.1 Å². The van der Waals surface area contributed by atoms with Crippen molar-refractivity contribution < 1.29 is 9.53 Å². The second-order valence-corrected chi connectivity index (χ2v) is 6.50. The first-order valence-corrected chi connectivity index (χ1v) is 8.70. The molecular formula is C21H24N2O2. The predicted molar refractivity (Wildman–Crippen MR) is 99.1 cm³/mol. The average Bonchev–Trinajstić information content (AvgIpc) is 2.67. The highest BCUT2D eigenvalue weighted by molar-refractivity contribution is 5.83. The number of nitrogens with one attached hydrogen (secondary N) is 1. The molecule has 1 amide bonds. The fraction of sp³-hybridized carbons (Fsp3) is 0.333. The molecule has 0 bridgehead atoms. The molecule has 1 N–H and O–H groups in total. The molecule has 1 aromatic heterocycles. The van der Waals surface area contributed by atoms with Gasteiger partial charge in [-0.15, -0.1) is 6.58 Å². The van der Waals surface area contributed by atoms with Crippen molar-refractivity contribution in [3.8, 4) is 11.1 Å². The van der Waals surface area contributed by atoms with E-state index in [1.807, 2.05) is 12.1 Å². The third-order valence-corrected chi connectivity index (χ3v) is 4.82. The van der Waals surface area contributed by atoms with Crippen molar-refractivity contribution in [1.82, 2.24) is 10.3 Å².